The van der Waals surface area contributed by atoms with Crippen molar-refractivity contribution in [2.75, 3.05) is 0 Å². The second kappa shape index (κ2) is 5.26. The molecule has 0 bridgehead atoms. The SMILES string of the molecule is CC(C)C(C)C(=O)c1cc(Br)ccc1Br. The second-order valence-corrected chi connectivity index (χ2v) is 5.79. The van der Waals surface area contributed by atoms with E-state index in [1.807, 2.05) is 25.1 Å². The standard InChI is InChI=1S/C12H14Br2O/c1-7(2)8(3)12(15)10-6-9(13)4-5-11(10)14/h4-8H,1-3H3. The molecule has 1 aromatic carbocycles. The fourth-order valence-electron chi connectivity index (χ4n) is 1.23. The number of ketones is 1. The van der Waals surface area contributed by atoms with Crippen LogP contribution in [0, 0.1) is 11.8 Å². The summed E-state index contributed by atoms with van der Waals surface area (Å²) < 4.78 is 1.80. The Kier molecular flexibility index (Phi) is 4.53. The molecule has 0 radical (unpaired) electrons. The number of carbonyl (C=O) groups excluding carboxylic acids is 1. The Bertz CT molecular complexity index is 372. The van der Waals surface area contributed by atoms with Crippen LogP contribution in [0.15, 0.2) is 27.1 Å². The minimum absolute atomic E-state index is 0.0515. The van der Waals surface area contributed by atoms with Crippen molar-refractivity contribution < 1.29 is 4.79 Å². The van der Waals surface area contributed by atoms with Crippen LogP contribution in [0.4, 0.5) is 0 Å². The van der Waals surface area contributed by atoms with Gasteiger partial charge in [-0.05, 0) is 24.1 Å². The molecular formula is C12H14Br2O. The van der Waals surface area contributed by atoms with E-state index in [1.165, 1.54) is 0 Å². The molecule has 0 saturated heterocycles. The fraction of sp³-hybridized carbons (Fsp3) is 0.417. The topological polar surface area (TPSA) is 17.1 Å². The summed E-state index contributed by atoms with van der Waals surface area (Å²) in [6.07, 6.45) is 0. The van der Waals surface area contributed by atoms with E-state index in [2.05, 4.69) is 45.7 Å². The van der Waals surface area contributed by atoms with Gasteiger partial charge in [0.25, 0.3) is 0 Å². The molecule has 82 valence electrons. The molecule has 0 aliphatic rings. The molecule has 1 nitrogen and oxygen atoms in total. The van der Waals surface area contributed by atoms with Gasteiger partial charge in [0.1, 0.15) is 0 Å². The van der Waals surface area contributed by atoms with Crippen LogP contribution < -0.4 is 0 Å². The number of benzene rings is 1. The maximum absolute atomic E-state index is 12.1. The van der Waals surface area contributed by atoms with Crippen LogP contribution in [0.25, 0.3) is 0 Å². The Morgan fingerprint density at radius 3 is 2.33 bits per heavy atom. The average molecular weight is 334 g/mol. The van der Waals surface area contributed by atoms with Gasteiger partial charge in [-0.1, -0.05) is 52.6 Å². The lowest BCUT2D eigenvalue weighted by Crippen LogP contribution is -2.17. The van der Waals surface area contributed by atoms with Crippen molar-refractivity contribution in [3.8, 4) is 0 Å². The molecule has 0 fully saturated rings. The lowest BCUT2D eigenvalue weighted by molar-refractivity contribution is 0.0899. The van der Waals surface area contributed by atoms with E-state index < -0.39 is 0 Å². The second-order valence-electron chi connectivity index (χ2n) is 4.02. The first-order chi connectivity index (χ1) is 6.93. The normalized spacial score (nSPS) is 12.9. The summed E-state index contributed by atoms with van der Waals surface area (Å²) in [5, 5.41) is 0. The van der Waals surface area contributed by atoms with Gasteiger partial charge in [0.2, 0.25) is 0 Å². The Labute approximate surface area is 108 Å². The van der Waals surface area contributed by atoms with Crippen molar-refractivity contribution in [3.63, 3.8) is 0 Å². The highest BCUT2D eigenvalue weighted by molar-refractivity contribution is 9.11. The van der Waals surface area contributed by atoms with Crippen molar-refractivity contribution >= 4 is 37.6 Å². The monoisotopic (exact) mass is 332 g/mol. The third-order valence-corrected chi connectivity index (χ3v) is 3.79. The van der Waals surface area contributed by atoms with E-state index in [1.54, 1.807) is 0 Å². The van der Waals surface area contributed by atoms with Gasteiger partial charge in [-0.2, -0.15) is 0 Å². The maximum Gasteiger partial charge on any atom is 0.167 e. The quantitative estimate of drug-likeness (QED) is 0.733. The molecule has 0 amide bonds. The van der Waals surface area contributed by atoms with Crippen molar-refractivity contribution in [3.05, 3.63) is 32.7 Å². The largest absolute Gasteiger partial charge is 0.294 e. The zero-order valence-corrected chi connectivity index (χ0v) is 12.2. The third-order valence-electron chi connectivity index (χ3n) is 2.61. The van der Waals surface area contributed by atoms with Gasteiger partial charge in [-0.15, -0.1) is 0 Å². The minimum atomic E-state index is 0.0515. The van der Waals surface area contributed by atoms with Crippen LogP contribution in [0.1, 0.15) is 31.1 Å². The van der Waals surface area contributed by atoms with Crippen LogP contribution in [-0.2, 0) is 0 Å². The lowest BCUT2D eigenvalue weighted by Gasteiger charge is -2.15. The first-order valence-electron chi connectivity index (χ1n) is 4.92. The highest BCUT2D eigenvalue weighted by Gasteiger charge is 2.20. The van der Waals surface area contributed by atoms with Crippen LogP contribution >= 0.6 is 31.9 Å². The number of carbonyl (C=O) groups is 1. The molecule has 1 rings (SSSR count). The van der Waals surface area contributed by atoms with Gasteiger partial charge < -0.3 is 0 Å². The van der Waals surface area contributed by atoms with Crippen molar-refractivity contribution in [1.29, 1.82) is 0 Å². The number of halogens is 2. The Morgan fingerprint density at radius 2 is 1.80 bits per heavy atom. The zero-order valence-electron chi connectivity index (χ0n) is 9.05. The van der Waals surface area contributed by atoms with E-state index in [0.717, 1.165) is 14.5 Å². The summed E-state index contributed by atoms with van der Waals surface area (Å²) in [4.78, 5) is 12.1. The molecule has 0 aliphatic carbocycles. The molecule has 0 saturated carbocycles. The summed E-state index contributed by atoms with van der Waals surface area (Å²) in [5.74, 6) is 0.608. The number of hydrogen-bond acceptors (Lipinski definition) is 1. The molecule has 1 atom stereocenters. The zero-order chi connectivity index (χ0) is 11.6. The highest BCUT2D eigenvalue weighted by atomic mass is 79.9. The molecule has 0 heterocycles. The van der Waals surface area contributed by atoms with E-state index in [0.29, 0.717) is 5.92 Å². The molecule has 15 heavy (non-hydrogen) atoms. The van der Waals surface area contributed by atoms with Crippen LogP contribution in [0.5, 0.6) is 0 Å². The van der Waals surface area contributed by atoms with Gasteiger partial charge in [0.05, 0.1) is 0 Å². The van der Waals surface area contributed by atoms with Crippen LogP contribution in [0.3, 0.4) is 0 Å². The van der Waals surface area contributed by atoms with E-state index in [4.69, 9.17) is 0 Å². The molecule has 0 aromatic heterocycles. The number of rotatable bonds is 3. The average Bonchev–Trinajstić information content (AvgIpc) is 2.19. The Morgan fingerprint density at radius 1 is 1.20 bits per heavy atom. The highest BCUT2D eigenvalue weighted by Crippen LogP contribution is 2.26. The molecular weight excluding hydrogens is 320 g/mol. The lowest BCUT2D eigenvalue weighted by atomic mass is 9.90. The summed E-state index contributed by atoms with van der Waals surface area (Å²) in [6, 6.07) is 5.68. The van der Waals surface area contributed by atoms with Crippen LogP contribution in [0.2, 0.25) is 0 Å². The Hall–Kier alpha value is -0.150. The summed E-state index contributed by atoms with van der Waals surface area (Å²) in [6.45, 7) is 6.10. The predicted octanol–water partition coefficient (Wildman–Crippen LogP) is 4.69. The van der Waals surface area contributed by atoms with Gasteiger partial charge in [0.15, 0.2) is 5.78 Å². The van der Waals surface area contributed by atoms with E-state index in [9.17, 15) is 4.79 Å². The van der Waals surface area contributed by atoms with Crippen LogP contribution in [-0.4, -0.2) is 5.78 Å². The smallest absolute Gasteiger partial charge is 0.167 e. The first-order valence-corrected chi connectivity index (χ1v) is 6.51. The van der Waals surface area contributed by atoms with Crippen molar-refractivity contribution in [1.82, 2.24) is 0 Å². The predicted molar refractivity (Wildman–Crippen MR) is 70.2 cm³/mol. The third kappa shape index (κ3) is 3.15. The molecule has 0 aliphatic heterocycles. The maximum atomic E-state index is 12.1. The fourth-order valence-corrected chi connectivity index (χ4v) is 2.04. The summed E-state index contributed by atoms with van der Waals surface area (Å²) in [7, 11) is 0. The van der Waals surface area contributed by atoms with Crippen molar-refractivity contribution in [2.24, 2.45) is 11.8 Å². The molecule has 0 N–H and O–H groups in total. The molecule has 1 unspecified atom stereocenters. The first kappa shape index (κ1) is 12.9. The van der Waals surface area contributed by atoms with Gasteiger partial charge in [0, 0.05) is 20.4 Å². The molecule has 0 spiro atoms. The van der Waals surface area contributed by atoms with Gasteiger partial charge >= 0.3 is 0 Å². The van der Waals surface area contributed by atoms with E-state index >= 15 is 0 Å². The van der Waals surface area contributed by atoms with Gasteiger partial charge in [-0.25, -0.2) is 0 Å². The molecule has 3 heteroatoms. The summed E-state index contributed by atoms with van der Waals surface area (Å²) >= 11 is 6.78. The Balaban J connectivity index is 3.05. The summed E-state index contributed by atoms with van der Waals surface area (Å²) in [5.41, 5.74) is 0.755. The van der Waals surface area contributed by atoms with Gasteiger partial charge in [-0.3, -0.25) is 4.79 Å². The van der Waals surface area contributed by atoms with Crippen molar-refractivity contribution in [2.45, 2.75) is 20.8 Å². The minimum Gasteiger partial charge on any atom is -0.294 e. The molecule has 1 aromatic rings. The number of hydrogen-bond donors (Lipinski definition) is 0. The van der Waals surface area contributed by atoms with E-state index in [-0.39, 0.29) is 11.7 Å². The number of Topliss-reactive ketones (excluding diaryl/α,β-unsaturated/α-hetero) is 1.